The van der Waals surface area contributed by atoms with Crippen LogP contribution in [0.2, 0.25) is 0 Å². The molecule has 0 aliphatic heterocycles. The van der Waals surface area contributed by atoms with Crippen LogP contribution in [0.3, 0.4) is 0 Å². The van der Waals surface area contributed by atoms with Crippen molar-refractivity contribution in [3.63, 3.8) is 0 Å². The molecule has 0 heterocycles. The van der Waals surface area contributed by atoms with Crippen molar-refractivity contribution in [3.05, 3.63) is 63.7 Å². The molecule has 1 N–H and O–H groups in total. The number of benzene rings is 2. The molecule has 0 atom stereocenters. The first-order chi connectivity index (χ1) is 12.9. The van der Waals surface area contributed by atoms with E-state index in [1.165, 1.54) is 12.1 Å². The summed E-state index contributed by atoms with van der Waals surface area (Å²) >= 11 is 0. The fraction of sp³-hybridized carbons (Fsp3) is 0.250. The Hall–Kier alpha value is -3.05. The Bertz CT molecular complexity index is 856. The minimum atomic E-state index is -4.95. The van der Waals surface area contributed by atoms with Gasteiger partial charge in [0.05, 0.1) is 4.92 Å². The summed E-state index contributed by atoms with van der Waals surface area (Å²) in [7, 11) is 0. The molecule has 2 aromatic carbocycles. The van der Waals surface area contributed by atoms with Gasteiger partial charge in [0.1, 0.15) is 11.3 Å². The SMILES string of the molecule is O=[N+]([O-])c1ccc(CNc2cccc(OC(F)(F)C(F)F)c2)cc1C(F)(F)F. The summed E-state index contributed by atoms with van der Waals surface area (Å²) in [5.41, 5.74) is -2.44. The molecule has 0 bridgehead atoms. The number of nitro benzene ring substituents is 1. The van der Waals surface area contributed by atoms with E-state index in [1.807, 2.05) is 0 Å². The Morgan fingerprint density at radius 1 is 1.07 bits per heavy atom. The van der Waals surface area contributed by atoms with Crippen LogP contribution in [0.25, 0.3) is 0 Å². The maximum Gasteiger partial charge on any atom is 0.461 e. The Morgan fingerprint density at radius 3 is 2.32 bits per heavy atom. The Labute approximate surface area is 152 Å². The Balaban J connectivity index is 2.16. The van der Waals surface area contributed by atoms with Crippen molar-refractivity contribution in [2.75, 3.05) is 5.32 Å². The summed E-state index contributed by atoms with van der Waals surface area (Å²) in [6.07, 6.45) is -13.7. The molecule has 0 radical (unpaired) electrons. The van der Waals surface area contributed by atoms with Crippen LogP contribution in [0.1, 0.15) is 11.1 Å². The number of anilines is 1. The summed E-state index contributed by atoms with van der Waals surface area (Å²) in [5, 5.41) is 13.3. The lowest BCUT2D eigenvalue weighted by Gasteiger charge is -2.17. The van der Waals surface area contributed by atoms with E-state index in [-0.39, 0.29) is 17.8 Å². The fourth-order valence-corrected chi connectivity index (χ4v) is 2.15. The molecule has 5 nitrogen and oxygen atoms in total. The normalized spacial score (nSPS) is 12.1. The average molecular weight is 412 g/mol. The van der Waals surface area contributed by atoms with Crippen LogP contribution in [-0.2, 0) is 12.7 Å². The average Bonchev–Trinajstić information content (AvgIpc) is 2.58. The highest BCUT2D eigenvalue weighted by Crippen LogP contribution is 2.36. The topological polar surface area (TPSA) is 64.4 Å². The number of hydrogen-bond donors (Lipinski definition) is 1. The van der Waals surface area contributed by atoms with E-state index in [2.05, 4.69) is 10.1 Å². The maximum absolute atomic E-state index is 13.0. The summed E-state index contributed by atoms with van der Waals surface area (Å²) in [5.74, 6) is -0.588. The molecule has 0 spiro atoms. The largest absolute Gasteiger partial charge is 0.461 e. The lowest BCUT2D eigenvalue weighted by Crippen LogP contribution is -2.33. The van der Waals surface area contributed by atoms with Gasteiger partial charge in [-0.1, -0.05) is 12.1 Å². The van der Waals surface area contributed by atoms with E-state index < -0.39 is 40.6 Å². The highest BCUT2D eigenvalue weighted by molar-refractivity contribution is 5.50. The monoisotopic (exact) mass is 412 g/mol. The molecule has 152 valence electrons. The van der Waals surface area contributed by atoms with Gasteiger partial charge >= 0.3 is 18.7 Å². The molecule has 0 saturated heterocycles. The van der Waals surface area contributed by atoms with Gasteiger partial charge < -0.3 is 10.1 Å². The number of nitrogens with zero attached hydrogens (tertiary/aromatic N) is 1. The number of nitrogens with one attached hydrogen (secondary N) is 1. The predicted octanol–water partition coefficient (Wildman–Crippen LogP) is 5.46. The third-order valence-corrected chi connectivity index (χ3v) is 3.40. The summed E-state index contributed by atoms with van der Waals surface area (Å²) in [6.45, 7) is -0.254. The number of alkyl halides is 7. The molecule has 0 unspecified atom stereocenters. The van der Waals surface area contributed by atoms with Crippen molar-refractivity contribution in [2.24, 2.45) is 0 Å². The van der Waals surface area contributed by atoms with Crippen molar-refractivity contribution in [2.45, 2.75) is 25.3 Å². The van der Waals surface area contributed by atoms with Gasteiger partial charge in [-0.3, -0.25) is 10.1 Å². The van der Waals surface area contributed by atoms with Crippen molar-refractivity contribution in [1.29, 1.82) is 0 Å². The highest BCUT2D eigenvalue weighted by atomic mass is 19.4. The lowest BCUT2D eigenvalue weighted by molar-refractivity contribution is -0.388. The van der Waals surface area contributed by atoms with Crippen LogP contribution >= 0.6 is 0 Å². The molecular weight excluding hydrogens is 401 g/mol. The van der Waals surface area contributed by atoms with Crippen molar-refractivity contribution < 1.29 is 40.4 Å². The van der Waals surface area contributed by atoms with Gasteiger partial charge in [-0.2, -0.15) is 30.7 Å². The molecule has 0 amide bonds. The second kappa shape index (κ2) is 7.90. The molecule has 0 fully saturated rings. The zero-order valence-corrected chi connectivity index (χ0v) is 13.6. The van der Waals surface area contributed by atoms with Crippen molar-refractivity contribution in [3.8, 4) is 5.75 Å². The van der Waals surface area contributed by atoms with Crippen LogP contribution in [-0.4, -0.2) is 17.5 Å². The number of rotatable bonds is 7. The minimum absolute atomic E-state index is 0.0159. The fourth-order valence-electron chi connectivity index (χ4n) is 2.15. The van der Waals surface area contributed by atoms with E-state index in [1.54, 1.807) is 0 Å². The van der Waals surface area contributed by atoms with Crippen LogP contribution in [0.5, 0.6) is 5.75 Å². The van der Waals surface area contributed by atoms with Crippen LogP contribution in [0.4, 0.5) is 42.1 Å². The minimum Gasteiger partial charge on any atom is -0.428 e. The summed E-state index contributed by atoms with van der Waals surface area (Å²) in [6, 6.07) is 6.85. The molecule has 0 aliphatic rings. The lowest BCUT2D eigenvalue weighted by atomic mass is 10.1. The summed E-state index contributed by atoms with van der Waals surface area (Å²) < 4.78 is 92.9. The van der Waals surface area contributed by atoms with Gasteiger partial charge in [0.15, 0.2) is 0 Å². The molecular formula is C16H11F7N2O3. The van der Waals surface area contributed by atoms with Crippen LogP contribution in [0, 0.1) is 10.1 Å². The predicted molar refractivity (Wildman–Crippen MR) is 83.4 cm³/mol. The first-order valence-corrected chi connectivity index (χ1v) is 7.43. The number of ether oxygens (including phenoxy) is 1. The second-order valence-electron chi connectivity index (χ2n) is 5.45. The second-order valence-corrected chi connectivity index (χ2v) is 5.45. The smallest absolute Gasteiger partial charge is 0.428 e. The molecule has 0 aliphatic carbocycles. The molecule has 2 rings (SSSR count). The number of halogens is 7. The van der Waals surface area contributed by atoms with E-state index in [0.717, 1.165) is 18.2 Å². The maximum atomic E-state index is 13.0. The number of hydrogen-bond acceptors (Lipinski definition) is 4. The molecule has 12 heteroatoms. The quantitative estimate of drug-likeness (QED) is 0.373. The molecule has 2 aromatic rings. The molecule has 0 saturated carbocycles. The first-order valence-electron chi connectivity index (χ1n) is 7.43. The van der Waals surface area contributed by atoms with Gasteiger partial charge in [0, 0.05) is 24.4 Å². The Morgan fingerprint density at radius 2 is 1.75 bits per heavy atom. The molecule has 28 heavy (non-hydrogen) atoms. The van der Waals surface area contributed by atoms with Gasteiger partial charge in [-0.05, 0) is 23.8 Å². The van der Waals surface area contributed by atoms with Gasteiger partial charge in [0.2, 0.25) is 0 Å². The van der Waals surface area contributed by atoms with E-state index >= 15 is 0 Å². The number of nitro groups is 1. The molecule has 0 aromatic heterocycles. The van der Waals surface area contributed by atoms with E-state index in [4.69, 9.17) is 0 Å². The van der Waals surface area contributed by atoms with Crippen LogP contribution < -0.4 is 10.1 Å². The van der Waals surface area contributed by atoms with Crippen LogP contribution in [0.15, 0.2) is 42.5 Å². The summed E-state index contributed by atoms with van der Waals surface area (Å²) in [4.78, 5) is 9.56. The third-order valence-electron chi connectivity index (χ3n) is 3.40. The standard InChI is InChI=1S/C16H11F7N2O3/c17-14(18)16(22,23)28-11-3-1-2-10(7-11)24-8-9-4-5-13(25(26)27)12(6-9)15(19,20)21/h1-7,14,24H,8H2. The first kappa shape index (κ1) is 21.3. The zero-order chi connectivity index (χ0) is 21.1. The zero-order valence-electron chi connectivity index (χ0n) is 13.6. The van der Waals surface area contributed by atoms with Crippen molar-refractivity contribution >= 4 is 11.4 Å². The Kier molecular flexibility index (Phi) is 6.00. The third kappa shape index (κ3) is 5.24. The van der Waals surface area contributed by atoms with Crippen molar-refractivity contribution in [1.82, 2.24) is 0 Å². The van der Waals surface area contributed by atoms with E-state index in [0.29, 0.717) is 12.1 Å². The highest BCUT2D eigenvalue weighted by Gasteiger charge is 2.44. The van der Waals surface area contributed by atoms with Gasteiger partial charge in [-0.15, -0.1) is 0 Å². The van der Waals surface area contributed by atoms with Gasteiger partial charge in [-0.25, -0.2) is 0 Å². The van der Waals surface area contributed by atoms with E-state index in [9.17, 15) is 40.8 Å². The van der Waals surface area contributed by atoms with Gasteiger partial charge in [0.25, 0.3) is 5.69 Å².